The van der Waals surface area contributed by atoms with Crippen LogP contribution in [-0.2, 0) is 9.31 Å². The fourth-order valence-electron chi connectivity index (χ4n) is 3.15. The topological polar surface area (TPSA) is 59.0 Å². The average Bonchev–Trinajstić information content (AvgIpc) is 3.08. The van der Waals surface area contributed by atoms with Crippen molar-refractivity contribution in [2.45, 2.75) is 62.7 Å². The predicted molar refractivity (Wildman–Crippen MR) is 101 cm³/mol. The minimum atomic E-state index is -0.806. The smallest absolute Gasteiger partial charge is 0.465 e. The summed E-state index contributed by atoms with van der Waals surface area (Å²) in [5, 5.41) is 9.21. The Morgan fingerprint density at radius 3 is 2.40 bits per heavy atom. The lowest BCUT2D eigenvalue weighted by Crippen LogP contribution is -2.41. The van der Waals surface area contributed by atoms with E-state index in [0.717, 1.165) is 29.0 Å². The highest BCUT2D eigenvalue weighted by molar-refractivity contribution is 7.99. The summed E-state index contributed by atoms with van der Waals surface area (Å²) < 4.78 is 12.1. The van der Waals surface area contributed by atoms with Crippen molar-refractivity contribution in [1.29, 1.82) is 0 Å². The van der Waals surface area contributed by atoms with E-state index in [1.165, 1.54) is 0 Å². The van der Waals surface area contributed by atoms with Gasteiger partial charge in [0.25, 0.3) is 0 Å². The summed E-state index contributed by atoms with van der Waals surface area (Å²) in [5.74, 6) is 0.794. The first-order valence-corrected chi connectivity index (χ1v) is 9.76. The van der Waals surface area contributed by atoms with Gasteiger partial charge in [0.2, 0.25) is 0 Å². The molecule has 136 valence electrons. The third kappa shape index (κ3) is 3.83. The number of carbonyl (C=O) groups is 1. The van der Waals surface area contributed by atoms with Crippen molar-refractivity contribution < 1.29 is 19.2 Å². The number of hydrogen-bond donors (Lipinski definition) is 1. The van der Waals surface area contributed by atoms with Crippen molar-refractivity contribution in [1.82, 2.24) is 4.90 Å². The van der Waals surface area contributed by atoms with Crippen LogP contribution in [0.5, 0.6) is 0 Å². The van der Waals surface area contributed by atoms with Crippen molar-refractivity contribution in [2.24, 2.45) is 0 Å². The van der Waals surface area contributed by atoms with Gasteiger partial charge in [-0.3, -0.25) is 0 Å². The number of benzene rings is 1. The largest absolute Gasteiger partial charge is 0.494 e. The fourth-order valence-corrected chi connectivity index (χ4v) is 4.21. The molecule has 1 aromatic carbocycles. The molecule has 1 aromatic rings. The molecule has 25 heavy (non-hydrogen) atoms. The van der Waals surface area contributed by atoms with Gasteiger partial charge in [0.1, 0.15) is 0 Å². The van der Waals surface area contributed by atoms with Crippen molar-refractivity contribution in [3.8, 4) is 0 Å². The van der Waals surface area contributed by atoms with E-state index in [0.29, 0.717) is 6.54 Å². The number of rotatable bonds is 4. The van der Waals surface area contributed by atoms with E-state index < -0.39 is 6.09 Å². The van der Waals surface area contributed by atoms with Crippen molar-refractivity contribution in [3.63, 3.8) is 0 Å². The molecule has 0 spiro atoms. The predicted octanol–water partition coefficient (Wildman–Crippen LogP) is 3.22. The van der Waals surface area contributed by atoms with Gasteiger partial charge >= 0.3 is 13.2 Å². The second-order valence-electron chi connectivity index (χ2n) is 7.74. The highest BCUT2D eigenvalue weighted by Gasteiger charge is 2.51. The van der Waals surface area contributed by atoms with Gasteiger partial charge in [0.15, 0.2) is 0 Å². The van der Waals surface area contributed by atoms with Gasteiger partial charge in [0.05, 0.1) is 11.2 Å². The number of carboxylic acid groups (broad SMARTS) is 1. The Kier molecular flexibility index (Phi) is 5.10. The van der Waals surface area contributed by atoms with Crippen molar-refractivity contribution in [2.75, 3.05) is 12.3 Å². The van der Waals surface area contributed by atoms with Crippen LogP contribution in [0, 0.1) is 0 Å². The Hall–Kier alpha value is -1.18. The van der Waals surface area contributed by atoms with Crippen LogP contribution in [0.4, 0.5) is 4.79 Å². The van der Waals surface area contributed by atoms with Crippen LogP contribution in [0.1, 0.15) is 40.5 Å². The number of likely N-dealkylation sites (tertiary alicyclic amines) is 1. The maximum Gasteiger partial charge on any atom is 0.494 e. The zero-order valence-corrected chi connectivity index (χ0v) is 16.1. The van der Waals surface area contributed by atoms with Gasteiger partial charge in [0, 0.05) is 23.2 Å². The van der Waals surface area contributed by atoms with Gasteiger partial charge in [-0.1, -0.05) is 12.1 Å². The standard InChI is InChI=1S/C18H26BNO4S/c1-17(2)18(3,4)24-19(23-17)13-7-9-15(10-8-13)25-12-14-6-5-11-20(14)16(21)22/h7-10,14H,5-6,11-12H2,1-4H3,(H,21,22)/t14-/m0/s1. The van der Waals surface area contributed by atoms with Crippen LogP contribution in [0.15, 0.2) is 29.2 Å². The van der Waals surface area contributed by atoms with Gasteiger partial charge in [-0.15, -0.1) is 11.8 Å². The summed E-state index contributed by atoms with van der Waals surface area (Å²) in [7, 11) is -0.346. The number of thioether (sulfide) groups is 1. The number of hydrogen-bond acceptors (Lipinski definition) is 4. The molecule has 0 aromatic heterocycles. The molecule has 2 heterocycles. The average molecular weight is 363 g/mol. The Morgan fingerprint density at radius 1 is 1.24 bits per heavy atom. The molecule has 2 saturated heterocycles. The van der Waals surface area contributed by atoms with Crippen LogP contribution in [0.3, 0.4) is 0 Å². The van der Waals surface area contributed by atoms with Crippen LogP contribution >= 0.6 is 11.8 Å². The molecule has 0 bridgehead atoms. The quantitative estimate of drug-likeness (QED) is 0.658. The second-order valence-corrected chi connectivity index (χ2v) is 8.83. The van der Waals surface area contributed by atoms with Gasteiger partial charge in [-0.25, -0.2) is 4.79 Å². The summed E-state index contributed by atoms with van der Waals surface area (Å²) in [6.07, 6.45) is 1.10. The molecular weight excluding hydrogens is 337 g/mol. The molecule has 3 rings (SSSR count). The third-order valence-electron chi connectivity index (χ3n) is 5.47. The lowest BCUT2D eigenvalue weighted by molar-refractivity contribution is 0.00578. The zero-order chi connectivity index (χ0) is 18.2. The lowest BCUT2D eigenvalue weighted by Gasteiger charge is -2.32. The van der Waals surface area contributed by atoms with Crippen molar-refractivity contribution >= 4 is 30.4 Å². The molecule has 7 heteroatoms. The Bertz CT molecular complexity index is 618. The molecule has 0 radical (unpaired) electrons. The Labute approximate surface area is 154 Å². The molecule has 5 nitrogen and oxygen atoms in total. The first-order chi connectivity index (χ1) is 11.7. The summed E-state index contributed by atoms with van der Waals surface area (Å²) >= 11 is 1.70. The number of nitrogens with zero attached hydrogens (tertiary/aromatic N) is 1. The van der Waals surface area contributed by atoms with Crippen LogP contribution in [-0.4, -0.2) is 52.8 Å². The van der Waals surface area contributed by atoms with Crippen LogP contribution in [0.25, 0.3) is 0 Å². The minimum absolute atomic E-state index is 0.116. The van der Waals surface area contributed by atoms with E-state index in [1.807, 2.05) is 39.8 Å². The van der Waals surface area contributed by atoms with E-state index in [-0.39, 0.29) is 24.4 Å². The maximum atomic E-state index is 11.2. The minimum Gasteiger partial charge on any atom is -0.465 e. The third-order valence-corrected chi connectivity index (χ3v) is 6.63. The van der Waals surface area contributed by atoms with Gasteiger partial charge < -0.3 is 19.3 Å². The van der Waals surface area contributed by atoms with E-state index >= 15 is 0 Å². The van der Waals surface area contributed by atoms with Crippen molar-refractivity contribution in [3.05, 3.63) is 24.3 Å². The lowest BCUT2D eigenvalue weighted by atomic mass is 9.79. The van der Waals surface area contributed by atoms with E-state index in [2.05, 4.69) is 12.1 Å². The summed E-state index contributed by atoms with van der Waals surface area (Å²) in [6, 6.07) is 8.31. The van der Waals surface area contributed by atoms with Crippen LogP contribution < -0.4 is 5.46 Å². The molecule has 2 aliphatic heterocycles. The maximum absolute atomic E-state index is 11.2. The zero-order valence-electron chi connectivity index (χ0n) is 15.3. The summed E-state index contributed by atoms with van der Waals surface area (Å²) in [6.45, 7) is 8.85. The van der Waals surface area contributed by atoms with E-state index in [1.54, 1.807) is 16.7 Å². The fraction of sp³-hybridized carbons (Fsp3) is 0.611. The number of amides is 1. The second kappa shape index (κ2) is 6.85. The van der Waals surface area contributed by atoms with Gasteiger partial charge in [-0.05, 0) is 58.1 Å². The highest BCUT2D eigenvalue weighted by Crippen LogP contribution is 2.36. The first kappa shape index (κ1) is 18.6. The molecule has 0 aliphatic carbocycles. The van der Waals surface area contributed by atoms with Gasteiger partial charge in [-0.2, -0.15) is 0 Å². The monoisotopic (exact) mass is 363 g/mol. The van der Waals surface area contributed by atoms with E-state index in [4.69, 9.17) is 9.31 Å². The Morgan fingerprint density at radius 2 is 1.84 bits per heavy atom. The Balaban J connectivity index is 1.59. The SMILES string of the molecule is CC1(C)OB(c2ccc(SC[C@@H]3CCCN3C(=O)O)cc2)OC1(C)C. The molecule has 2 aliphatic rings. The molecule has 0 unspecified atom stereocenters. The highest BCUT2D eigenvalue weighted by atomic mass is 32.2. The molecule has 0 saturated carbocycles. The molecule has 1 atom stereocenters. The molecule has 2 fully saturated rings. The summed E-state index contributed by atoms with van der Waals surface area (Å²) in [4.78, 5) is 13.9. The molecule has 1 N–H and O–H groups in total. The van der Waals surface area contributed by atoms with E-state index in [9.17, 15) is 9.90 Å². The summed E-state index contributed by atoms with van der Waals surface area (Å²) in [5.41, 5.74) is 0.331. The normalized spacial score (nSPS) is 24.7. The molecule has 1 amide bonds. The van der Waals surface area contributed by atoms with Crippen LogP contribution in [0.2, 0.25) is 0 Å². The molecular formula is C18H26BNO4S. The first-order valence-electron chi connectivity index (χ1n) is 8.77.